The number of carboxylic acids is 1. The second kappa shape index (κ2) is 6.95. The molecule has 1 rings (SSSR count). The van der Waals surface area contributed by atoms with E-state index in [0.29, 0.717) is 6.07 Å². The third-order valence-corrected chi connectivity index (χ3v) is 3.68. The van der Waals surface area contributed by atoms with E-state index in [9.17, 15) is 17.6 Å². The van der Waals surface area contributed by atoms with Crippen LogP contribution in [0.25, 0.3) is 0 Å². The van der Waals surface area contributed by atoms with E-state index in [1.54, 1.807) is 4.89 Å². The van der Waals surface area contributed by atoms with Crippen LogP contribution in [0.1, 0.15) is 10.4 Å². The van der Waals surface area contributed by atoms with Crippen molar-refractivity contribution in [2.24, 2.45) is 0 Å². The fraction of sp³-hybridized carbons (Fsp3) is 0.300. The first-order valence-corrected chi connectivity index (χ1v) is 7.00. The Labute approximate surface area is 119 Å². The molecule has 0 aliphatic carbocycles. The van der Waals surface area contributed by atoms with E-state index in [-0.39, 0.29) is 13.2 Å². The lowest BCUT2D eigenvalue weighted by atomic mass is 10.2. The van der Waals surface area contributed by atoms with Gasteiger partial charge in [0.1, 0.15) is 5.82 Å². The van der Waals surface area contributed by atoms with Crippen LogP contribution < -0.4 is 4.89 Å². The minimum absolute atomic E-state index is 0.0718. The average molecular weight is 328 g/mol. The van der Waals surface area contributed by atoms with Crippen molar-refractivity contribution >= 4 is 27.6 Å². The second-order valence-corrected chi connectivity index (χ2v) is 5.52. The molecule has 0 bridgehead atoms. The predicted octanol–water partition coefficient (Wildman–Crippen LogP) is 1.03. The van der Waals surface area contributed by atoms with Gasteiger partial charge in [0.25, 0.3) is 10.0 Å². The van der Waals surface area contributed by atoms with Gasteiger partial charge in [-0.2, -0.15) is 0 Å². The van der Waals surface area contributed by atoms with Crippen LogP contribution >= 0.6 is 11.6 Å². The third kappa shape index (κ3) is 4.12. The topological polar surface area (TPSA) is 102 Å². The number of benzene rings is 1. The molecule has 0 amide bonds. The lowest BCUT2D eigenvalue weighted by Gasteiger charge is -2.09. The van der Waals surface area contributed by atoms with E-state index in [2.05, 4.69) is 9.57 Å². The Balaban J connectivity index is 3.04. The Morgan fingerprint density at radius 2 is 2.10 bits per heavy atom. The normalized spacial score (nSPS) is 11.6. The summed E-state index contributed by atoms with van der Waals surface area (Å²) in [5.41, 5.74) is -0.663. The van der Waals surface area contributed by atoms with Gasteiger partial charge in [0, 0.05) is 7.11 Å². The molecular weight excluding hydrogens is 317 g/mol. The van der Waals surface area contributed by atoms with Crippen LogP contribution in [0, 0.1) is 5.82 Å². The van der Waals surface area contributed by atoms with E-state index in [4.69, 9.17) is 16.7 Å². The van der Waals surface area contributed by atoms with Crippen molar-refractivity contribution in [3.63, 3.8) is 0 Å². The van der Waals surface area contributed by atoms with Gasteiger partial charge < -0.3 is 9.84 Å². The van der Waals surface area contributed by atoms with Crippen LogP contribution in [-0.4, -0.2) is 39.8 Å². The summed E-state index contributed by atoms with van der Waals surface area (Å²) < 4.78 is 41.6. The number of carbonyl (C=O) groups is 1. The Hall–Kier alpha value is -1.26. The quantitative estimate of drug-likeness (QED) is 0.573. The first-order valence-electron chi connectivity index (χ1n) is 5.14. The van der Waals surface area contributed by atoms with Crippen molar-refractivity contribution in [1.82, 2.24) is 4.89 Å². The minimum atomic E-state index is -4.23. The fourth-order valence-electron chi connectivity index (χ4n) is 1.17. The van der Waals surface area contributed by atoms with E-state index < -0.39 is 37.3 Å². The van der Waals surface area contributed by atoms with Gasteiger partial charge in [-0.3, -0.25) is 4.84 Å². The zero-order valence-electron chi connectivity index (χ0n) is 10.2. The Morgan fingerprint density at radius 1 is 1.45 bits per heavy atom. The zero-order chi connectivity index (χ0) is 15.3. The minimum Gasteiger partial charge on any atom is -0.478 e. The van der Waals surface area contributed by atoms with Crippen LogP contribution in [0.2, 0.25) is 5.02 Å². The molecular formula is C10H11ClFNO6S. The van der Waals surface area contributed by atoms with Crippen LogP contribution in [0.15, 0.2) is 17.0 Å². The van der Waals surface area contributed by atoms with Crippen LogP contribution in [0.5, 0.6) is 0 Å². The maximum atomic E-state index is 13.4. The second-order valence-electron chi connectivity index (χ2n) is 3.50. The number of halogens is 2. The highest BCUT2D eigenvalue weighted by atomic mass is 35.5. The highest BCUT2D eigenvalue weighted by molar-refractivity contribution is 7.89. The summed E-state index contributed by atoms with van der Waals surface area (Å²) in [6, 6.07) is 1.33. The summed E-state index contributed by atoms with van der Waals surface area (Å²) in [5, 5.41) is 8.14. The maximum Gasteiger partial charge on any atom is 0.337 e. The van der Waals surface area contributed by atoms with Crippen molar-refractivity contribution in [2.75, 3.05) is 20.3 Å². The molecule has 2 N–H and O–H groups in total. The Morgan fingerprint density at radius 3 is 2.65 bits per heavy atom. The van der Waals surface area contributed by atoms with E-state index in [1.165, 1.54) is 7.11 Å². The van der Waals surface area contributed by atoms with E-state index >= 15 is 0 Å². The maximum absolute atomic E-state index is 13.4. The smallest absolute Gasteiger partial charge is 0.337 e. The number of aromatic carboxylic acids is 1. The lowest BCUT2D eigenvalue weighted by molar-refractivity contribution is 0.0438. The number of sulfonamides is 1. The monoisotopic (exact) mass is 327 g/mol. The molecule has 20 heavy (non-hydrogen) atoms. The van der Waals surface area contributed by atoms with Crippen LogP contribution in [-0.2, 0) is 19.6 Å². The van der Waals surface area contributed by atoms with Gasteiger partial charge in [-0.25, -0.2) is 17.6 Å². The molecule has 10 heteroatoms. The van der Waals surface area contributed by atoms with Gasteiger partial charge in [0.05, 0.1) is 28.7 Å². The molecule has 0 spiro atoms. The molecule has 0 aliphatic heterocycles. The SMILES string of the molecule is COCCONS(=O)(=O)c1cc(F)c(Cl)c(C(=O)O)c1. The summed E-state index contributed by atoms with van der Waals surface area (Å²) in [6.45, 7) is 0.0649. The van der Waals surface area contributed by atoms with Crippen molar-refractivity contribution in [3.8, 4) is 0 Å². The molecule has 0 fully saturated rings. The summed E-state index contributed by atoms with van der Waals surface area (Å²) in [6.07, 6.45) is 0. The summed E-state index contributed by atoms with van der Waals surface area (Å²) in [5.74, 6) is -2.71. The molecule has 112 valence electrons. The number of carboxylic acid groups (broad SMARTS) is 1. The molecule has 1 aromatic rings. The first-order chi connectivity index (χ1) is 9.29. The molecule has 0 saturated heterocycles. The average Bonchev–Trinajstić information content (AvgIpc) is 2.37. The molecule has 0 radical (unpaired) electrons. The largest absolute Gasteiger partial charge is 0.478 e. The Bertz CT molecular complexity index is 606. The van der Waals surface area contributed by atoms with Crippen LogP contribution in [0.4, 0.5) is 4.39 Å². The standard InChI is InChI=1S/C10H11ClFNO6S/c1-18-2-3-19-13-20(16,17)6-4-7(10(14)15)9(11)8(12)5-6/h4-5,13H,2-3H2,1H3,(H,14,15). The first kappa shape index (κ1) is 16.8. The van der Waals surface area contributed by atoms with Gasteiger partial charge in [-0.1, -0.05) is 16.5 Å². The number of rotatable bonds is 7. The van der Waals surface area contributed by atoms with Gasteiger partial charge in [-0.05, 0) is 12.1 Å². The van der Waals surface area contributed by atoms with Crippen LogP contribution in [0.3, 0.4) is 0 Å². The molecule has 1 aromatic carbocycles. The van der Waals surface area contributed by atoms with Gasteiger partial charge in [0.2, 0.25) is 0 Å². The number of methoxy groups -OCH3 is 1. The molecule has 0 aromatic heterocycles. The molecule has 0 heterocycles. The summed E-state index contributed by atoms with van der Waals surface area (Å²) in [7, 11) is -2.83. The van der Waals surface area contributed by atoms with E-state index in [1.807, 2.05) is 0 Å². The number of ether oxygens (including phenoxy) is 1. The highest BCUT2D eigenvalue weighted by Crippen LogP contribution is 2.24. The van der Waals surface area contributed by atoms with Crippen molar-refractivity contribution < 1.29 is 32.3 Å². The lowest BCUT2D eigenvalue weighted by Crippen LogP contribution is -2.26. The Kier molecular flexibility index (Phi) is 5.84. The molecule has 7 nitrogen and oxygen atoms in total. The third-order valence-electron chi connectivity index (χ3n) is 2.10. The van der Waals surface area contributed by atoms with E-state index in [0.717, 1.165) is 6.07 Å². The number of nitrogens with one attached hydrogen (secondary N) is 1. The van der Waals surface area contributed by atoms with Gasteiger partial charge >= 0.3 is 5.97 Å². The number of hydrogen-bond acceptors (Lipinski definition) is 5. The van der Waals surface area contributed by atoms with Crippen molar-refractivity contribution in [1.29, 1.82) is 0 Å². The van der Waals surface area contributed by atoms with Crippen molar-refractivity contribution in [2.45, 2.75) is 4.90 Å². The predicted molar refractivity (Wildman–Crippen MR) is 66.5 cm³/mol. The molecule has 0 saturated carbocycles. The fourth-order valence-corrected chi connectivity index (χ4v) is 2.22. The van der Waals surface area contributed by atoms with Gasteiger partial charge in [-0.15, -0.1) is 0 Å². The highest BCUT2D eigenvalue weighted by Gasteiger charge is 2.22. The molecule has 0 aliphatic rings. The molecule has 0 atom stereocenters. The zero-order valence-corrected chi connectivity index (χ0v) is 11.8. The summed E-state index contributed by atoms with van der Waals surface area (Å²) in [4.78, 5) is 16.5. The van der Waals surface area contributed by atoms with Crippen molar-refractivity contribution in [3.05, 3.63) is 28.5 Å². The van der Waals surface area contributed by atoms with Gasteiger partial charge in [0.15, 0.2) is 0 Å². The number of hydrogen-bond donors (Lipinski definition) is 2. The summed E-state index contributed by atoms with van der Waals surface area (Å²) >= 11 is 5.44. The molecule has 0 unspecified atom stereocenters.